The molecule has 0 aliphatic carbocycles. The fraction of sp³-hybridized carbons (Fsp3) is 0.0625. The van der Waals surface area contributed by atoms with Gasteiger partial charge in [0, 0.05) is 11.6 Å². The number of aromatic nitrogens is 1. The van der Waals surface area contributed by atoms with Crippen LogP contribution in [0.4, 0.5) is 0 Å². The second kappa shape index (κ2) is 5.06. The van der Waals surface area contributed by atoms with Crippen molar-refractivity contribution < 1.29 is 8.42 Å². The molecular weight excluding hydrogens is 270 g/mol. The van der Waals surface area contributed by atoms with Crippen molar-refractivity contribution in [3.8, 4) is 0 Å². The first-order valence-electron chi connectivity index (χ1n) is 6.27. The summed E-state index contributed by atoms with van der Waals surface area (Å²) in [6, 6.07) is 18.4. The van der Waals surface area contributed by atoms with E-state index in [2.05, 4.69) is 4.98 Å². The molecule has 0 atom stereocenters. The van der Waals surface area contributed by atoms with Gasteiger partial charge in [-0.2, -0.15) is 0 Å². The molecule has 0 aliphatic rings. The first-order valence-corrected chi connectivity index (χ1v) is 7.92. The first kappa shape index (κ1) is 12.8. The highest BCUT2D eigenvalue weighted by Gasteiger charge is 2.19. The van der Waals surface area contributed by atoms with Gasteiger partial charge in [0.1, 0.15) is 0 Å². The van der Waals surface area contributed by atoms with Crippen molar-refractivity contribution in [2.24, 2.45) is 0 Å². The minimum absolute atomic E-state index is 0.0329. The standard InChI is InChI=1S/C16H13NO2S/c18-20(19,12-13-6-2-1-3-7-13)16-15-9-5-4-8-14(15)10-11-17-16/h1-11H,12H2. The van der Waals surface area contributed by atoms with Crippen LogP contribution in [0.3, 0.4) is 0 Å². The molecule has 0 amide bonds. The van der Waals surface area contributed by atoms with Gasteiger partial charge in [0.25, 0.3) is 0 Å². The monoisotopic (exact) mass is 283 g/mol. The Labute approximate surface area is 117 Å². The molecule has 3 aromatic rings. The average molecular weight is 283 g/mol. The van der Waals surface area contributed by atoms with Gasteiger partial charge in [-0.25, -0.2) is 13.4 Å². The van der Waals surface area contributed by atoms with Crippen LogP contribution in [0.5, 0.6) is 0 Å². The second-order valence-electron chi connectivity index (χ2n) is 4.58. The number of hydrogen-bond acceptors (Lipinski definition) is 3. The molecule has 1 aromatic heterocycles. The van der Waals surface area contributed by atoms with Crippen molar-refractivity contribution in [1.82, 2.24) is 4.98 Å². The highest BCUT2D eigenvalue weighted by atomic mass is 32.2. The molecule has 0 saturated heterocycles. The maximum Gasteiger partial charge on any atom is 0.200 e. The van der Waals surface area contributed by atoms with Crippen molar-refractivity contribution in [2.75, 3.05) is 0 Å². The average Bonchev–Trinajstić information content (AvgIpc) is 2.47. The van der Waals surface area contributed by atoms with E-state index < -0.39 is 9.84 Å². The van der Waals surface area contributed by atoms with Crippen molar-refractivity contribution in [3.05, 3.63) is 72.4 Å². The summed E-state index contributed by atoms with van der Waals surface area (Å²) in [5.74, 6) is -0.0329. The number of benzene rings is 2. The van der Waals surface area contributed by atoms with Crippen LogP contribution in [-0.4, -0.2) is 13.4 Å². The quantitative estimate of drug-likeness (QED) is 0.741. The van der Waals surface area contributed by atoms with Crippen LogP contribution < -0.4 is 0 Å². The molecule has 0 N–H and O–H groups in total. The number of pyridine rings is 1. The van der Waals surface area contributed by atoms with Crippen LogP contribution in [-0.2, 0) is 15.6 Å². The lowest BCUT2D eigenvalue weighted by Crippen LogP contribution is -2.07. The predicted molar refractivity (Wildman–Crippen MR) is 79.1 cm³/mol. The Morgan fingerprint density at radius 1 is 0.850 bits per heavy atom. The summed E-state index contributed by atoms with van der Waals surface area (Å²) in [5, 5.41) is 1.71. The third-order valence-corrected chi connectivity index (χ3v) is 4.76. The molecule has 0 spiro atoms. The molecule has 3 rings (SSSR count). The molecule has 2 aromatic carbocycles. The molecule has 0 bridgehead atoms. The fourth-order valence-electron chi connectivity index (χ4n) is 2.20. The van der Waals surface area contributed by atoms with Gasteiger partial charge in [-0.3, -0.25) is 0 Å². The summed E-state index contributed by atoms with van der Waals surface area (Å²) < 4.78 is 25.1. The highest BCUT2D eigenvalue weighted by Crippen LogP contribution is 2.23. The third-order valence-electron chi connectivity index (χ3n) is 3.13. The molecular formula is C16H13NO2S. The smallest absolute Gasteiger partial charge is 0.200 e. The maximum absolute atomic E-state index is 12.6. The highest BCUT2D eigenvalue weighted by molar-refractivity contribution is 7.90. The SMILES string of the molecule is O=S(=O)(Cc1ccccc1)c1nccc2ccccc12. The number of sulfone groups is 1. The molecule has 0 fully saturated rings. The van der Waals surface area contributed by atoms with Crippen LogP contribution in [0.15, 0.2) is 71.9 Å². The Morgan fingerprint density at radius 3 is 2.35 bits per heavy atom. The number of fused-ring (bicyclic) bond motifs is 1. The fourth-order valence-corrected chi connectivity index (χ4v) is 3.71. The Bertz CT molecular complexity index is 837. The van der Waals surface area contributed by atoms with E-state index in [9.17, 15) is 8.42 Å². The van der Waals surface area contributed by atoms with E-state index in [-0.39, 0.29) is 10.8 Å². The largest absolute Gasteiger partial charge is 0.244 e. The zero-order chi connectivity index (χ0) is 14.0. The Kier molecular flexibility index (Phi) is 3.24. The third kappa shape index (κ3) is 2.42. The number of hydrogen-bond donors (Lipinski definition) is 0. The zero-order valence-corrected chi connectivity index (χ0v) is 11.5. The maximum atomic E-state index is 12.6. The number of rotatable bonds is 3. The molecule has 100 valence electrons. The van der Waals surface area contributed by atoms with Gasteiger partial charge in [0.2, 0.25) is 0 Å². The van der Waals surface area contributed by atoms with Gasteiger partial charge < -0.3 is 0 Å². The van der Waals surface area contributed by atoms with Crippen LogP contribution in [0.2, 0.25) is 0 Å². The van der Waals surface area contributed by atoms with Crippen molar-refractivity contribution >= 4 is 20.6 Å². The van der Waals surface area contributed by atoms with Gasteiger partial charge in [-0.1, -0.05) is 54.6 Å². The van der Waals surface area contributed by atoms with E-state index in [0.717, 1.165) is 10.9 Å². The molecule has 0 saturated carbocycles. The summed E-state index contributed by atoms with van der Waals surface area (Å²) in [7, 11) is -3.45. The first-order chi connectivity index (χ1) is 9.67. The Balaban J connectivity index is 2.10. The van der Waals surface area contributed by atoms with E-state index in [0.29, 0.717) is 5.39 Å². The topological polar surface area (TPSA) is 47.0 Å². The van der Waals surface area contributed by atoms with Gasteiger partial charge in [0.15, 0.2) is 14.9 Å². The Morgan fingerprint density at radius 2 is 1.55 bits per heavy atom. The Hall–Kier alpha value is -2.20. The van der Waals surface area contributed by atoms with Crippen LogP contribution in [0.1, 0.15) is 5.56 Å². The van der Waals surface area contributed by atoms with Crippen molar-refractivity contribution in [2.45, 2.75) is 10.8 Å². The molecule has 0 aliphatic heterocycles. The van der Waals surface area contributed by atoms with Gasteiger partial charge >= 0.3 is 0 Å². The van der Waals surface area contributed by atoms with Crippen molar-refractivity contribution in [3.63, 3.8) is 0 Å². The van der Waals surface area contributed by atoms with E-state index in [1.807, 2.05) is 54.6 Å². The molecule has 0 unspecified atom stereocenters. The van der Waals surface area contributed by atoms with Crippen LogP contribution in [0, 0.1) is 0 Å². The van der Waals surface area contributed by atoms with Crippen LogP contribution in [0.25, 0.3) is 10.8 Å². The lowest BCUT2D eigenvalue weighted by atomic mass is 10.2. The van der Waals surface area contributed by atoms with Gasteiger partial charge in [-0.05, 0) is 17.0 Å². The molecule has 3 nitrogen and oxygen atoms in total. The van der Waals surface area contributed by atoms with E-state index >= 15 is 0 Å². The lowest BCUT2D eigenvalue weighted by Gasteiger charge is -2.07. The molecule has 0 radical (unpaired) electrons. The van der Waals surface area contributed by atoms with E-state index in [1.54, 1.807) is 12.3 Å². The molecule has 4 heteroatoms. The lowest BCUT2D eigenvalue weighted by molar-refractivity contribution is 0.593. The summed E-state index contributed by atoms with van der Waals surface area (Å²) in [6.45, 7) is 0. The zero-order valence-electron chi connectivity index (χ0n) is 10.7. The molecule has 1 heterocycles. The molecule has 20 heavy (non-hydrogen) atoms. The van der Waals surface area contributed by atoms with Crippen molar-refractivity contribution in [1.29, 1.82) is 0 Å². The summed E-state index contributed by atoms with van der Waals surface area (Å²) in [5.41, 5.74) is 0.766. The van der Waals surface area contributed by atoms with Crippen LogP contribution >= 0.6 is 0 Å². The summed E-state index contributed by atoms with van der Waals surface area (Å²) >= 11 is 0. The van der Waals surface area contributed by atoms with Gasteiger partial charge in [-0.15, -0.1) is 0 Å². The van der Waals surface area contributed by atoms with Gasteiger partial charge in [0.05, 0.1) is 5.75 Å². The normalized spacial score (nSPS) is 11.6. The summed E-state index contributed by atoms with van der Waals surface area (Å²) in [4.78, 5) is 4.09. The predicted octanol–water partition coefficient (Wildman–Crippen LogP) is 3.21. The number of nitrogens with zero attached hydrogens (tertiary/aromatic N) is 1. The second-order valence-corrected chi connectivity index (χ2v) is 6.49. The minimum Gasteiger partial charge on any atom is -0.244 e. The minimum atomic E-state index is -3.45. The van der Waals surface area contributed by atoms with E-state index in [1.165, 1.54) is 0 Å². The summed E-state index contributed by atoms with van der Waals surface area (Å²) in [6.07, 6.45) is 1.54. The van der Waals surface area contributed by atoms with E-state index in [4.69, 9.17) is 0 Å².